The van der Waals surface area contributed by atoms with Crippen LogP contribution in [-0.4, -0.2) is 38.8 Å². The molecular weight excluding hydrogens is 394 g/mol. The van der Waals surface area contributed by atoms with E-state index in [1.54, 1.807) is 35.6 Å². The molecule has 0 bridgehead atoms. The molecule has 2 heterocycles. The van der Waals surface area contributed by atoms with Gasteiger partial charge < -0.3 is 10.6 Å². The number of hydrogen-bond acceptors (Lipinski definition) is 6. The summed E-state index contributed by atoms with van der Waals surface area (Å²) in [4.78, 5) is 29.9. The van der Waals surface area contributed by atoms with Gasteiger partial charge in [-0.05, 0) is 42.5 Å². The van der Waals surface area contributed by atoms with Gasteiger partial charge in [0.25, 0.3) is 5.91 Å². The second-order valence-electron chi connectivity index (χ2n) is 6.49. The number of thiophene rings is 1. The maximum absolute atomic E-state index is 12.2. The molecule has 1 aliphatic carbocycles. The first-order chi connectivity index (χ1) is 13.7. The van der Waals surface area contributed by atoms with Crippen LogP contribution in [0.25, 0.3) is 0 Å². The molecule has 3 aromatic rings. The number of hydrogen-bond donors (Lipinski definition) is 3. The van der Waals surface area contributed by atoms with Crippen LogP contribution in [0.5, 0.6) is 0 Å². The van der Waals surface area contributed by atoms with E-state index in [0.717, 1.165) is 18.7 Å². The molecule has 0 saturated heterocycles. The van der Waals surface area contributed by atoms with Crippen molar-refractivity contribution in [1.82, 2.24) is 20.5 Å². The van der Waals surface area contributed by atoms with Crippen molar-refractivity contribution < 1.29 is 9.59 Å². The molecule has 144 valence electrons. The zero-order valence-electron chi connectivity index (χ0n) is 15.0. The molecule has 1 aliphatic rings. The second-order valence-corrected chi connectivity index (χ2v) is 8.46. The van der Waals surface area contributed by atoms with E-state index in [9.17, 15) is 9.59 Å². The Bertz CT molecular complexity index is 966. The number of carbonyl (C=O) groups excluding carboxylic acids is 2. The van der Waals surface area contributed by atoms with E-state index in [-0.39, 0.29) is 17.6 Å². The zero-order valence-corrected chi connectivity index (χ0v) is 16.6. The highest BCUT2D eigenvalue weighted by atomic mass is 32.2. The average molecular weight is 414 g/mol. The van der Waals surface area contributed by atoms with Gasteiger partial charge in [-0.1, -0.05) is 23.9 Å². The third-order valence-corrected chi connectivity index (χ3v) is 5.81. The first-order valence-electron chi connectivity index (χ1n) is 8.93. The molecule has 0 aliphatic heterocycles. The van der Waals surface area contributed by atoms with Crippen molar-refractivity contribution in [1.29, 1.82) is 0 Å². The molecule has 1 aromatic carbocycles. The van der Waals surface area contributed by atoms with Crippen molar-refractivity contribution in [2.24, 2.45) is 0 Å². The number of thioether (sulfide) groups is 1. The smallest absolute Gasteiger partial charge is 0.251 e. The Kier molecular flexibility index (Phi) is 5.73. The Balaban J connectivity index is 1.27. The molecule has 0 radical (unpaired) electrons. The molecular formula is C19H19N5O2S2. The van der Waals surface area contributed by atoms with E-state index in [1.165, 1.54) is 16.6 Å². The van der Waals surface area contributed by atoms with E-state index in [2.05, 4.69) is 25.8 Å². The van der Waals surface area contributed by atoms with E-state index in [1.807, 2.05) is 17.5 Å². The van der Waals surface area contributed by atoms with Gasteiger partial charge >= 0.3 is 0 Å². The van der Waals surface area contributed by atoms with Gasteiger partial charge in [0.2, 0.25) is 11.1 Å². The zero-order chi connectivity index (χ0) is 19.3. The predicted molar refractivity (Wildman–Crippen MR) is 110 cm³/mol. The molecule has 3 N–H and O–H groups in total. The Morgan fingerprint density at radius 2 is 2.14 bits per heavy atom. The SMILES string of the molecule is O=C(CSc1n[nH]c(Cc2cccs2)n1)Nc1cccc(C(=O)NC2CC2)c1. The van der Waals surface area contributed by atoms with Crippen LogP contribution in [0.4, 0.5) is 5.69 Å². The average Bonchev–Trinajstić information content (AvgIpc) is 3.16. The number of rotatable bonds is 8. The fourth-order valence-electron chi connectivity index (χ4n) is 2.56. The van der Waals surface area contributed by atoms with Crippen LogP contribution in [0.3, 0.4) is 0 Å². The standard InChI is InChI=1S/C19H19N5O2S2/c25-17(11-28-19-22-16(23-24-19)10-15-5-2-8-27-15)20-14-4-1-3-12(9-14)18(26)21-13-6-7-13/h1-5,8-9,13H,6-7,10-11H2,(H,20,25)(H,21,26)(H,22,23,24). The summed E-state index contributed by atoms with van der Waals surface area (Å²) >= 11 is 2.94. The molecule has 1 saturated carbocycles. The summed E-state index contributed by atoms with van der Waals surface area (Å²) in [6.07, 6.45) is 2.78. The normalized spacial score (nSPS) is 13.3. The minimum Gasteiger partial charge on any atom is -0.349 e. The lowest BCUT2D eigenvalue weighted by Crippen LogP contribution is -2.25. The van der Waals surface area contributed by atoms with Gasteiger partial charge in [-0.2, -0.15) is 0 Å². The highest BCUT2D eigenvalue weighted by Crippen LogP contribution is 2.20. The number of aromatic amines is 1. The van der Waals surface area contributed by atoms with Gasteiger partial charge in [-0.25, -0.2) is 4.98 Å². The lowest BCUT2D eigenvalue weighted by molar-refractivity contribution is -0.113. The third-order valence-electron chi connectivity index (χ3n) is 4.09. The Labute approximate surface area is 170 Å². The summed E-state index contributed by atoms with van der Waals surface area (Å²) in [6.45, 7) is 0. The van der Waals surface area contributed by atoms with Gasteiger partial charge in [-0.15, -0.1) is 16.4 Å². The topological polar surface area (TPSA) is 99.8 Å². The highest BCUT2D eigenvalue weighted by Gasteiger charge is 2.23. The fraction of sp³-hybridized carbons (Fsp3) is 0.263. The summed E-state index contributed by atoms with van der Waals surface area (Å²) in [7, 11) is 0. The quantitative estimate of drug-likeness (QED) is 0.493. The molecule has 0 atom stereocenters. The predicted octanol–water partition coefficient (Wildman–Crippen LogP) is 3.08. The Hall–Kier alpha value is -2.65. The number of H-pyrrole nitrogens is 1. The minimum atomic E-state index is -0.172. The number of benzene rings is 1. The van der Waals surface area contributed by atoms with Crippen LogP contribution in [-0.2, 0) is 11.2 Å². The number of nitrogens with zero attached hydrogens (tertiary/aromatic N) is 2. The molecule has 0 unspecified atom stereocenters. The molecule has 2 aromatic heterocycles. The number of amides is 2. The van der Waals surface area contributed by atoms with E-state index in [4.69, 9.17) is 0 Å². The molecule has 1 fully saturated rings. The maximum Gasteiger partial charge on any atom is 0.251 e. The van der Waals surface area contributed by atoms with Gasteiger partial charge in [0, 0.05) is 28.6 Å². The molecule has 2 amide bonds. The fourth-order valence-corrected chi connectivity index (χ4v) is 3.89. The summed E-state index contributed by atoms with van der Waals surface area (Å²) in [5.74, 6) is 0.690. The van der Waals surface area contributed by atoms with Crippen molar-refractivity contribution in [3.8, 4) is 0 Å². The lowest BCUT2D eigenvalue weighted by atomic mass is 10.2. The van der Waals surface area contributed by atoms with Gasteiger partial charge in [-0.3, -0.25) is 14.7 Å². The van der Waals surface area contributed by atoms with Crippen molar-refractivity contribution >= 4 is 40.6 Å². The first-order valence-corrected chi connectivity index (χ1v) is 10.8. The third kappa shape index (κ3) is 5.20. The molecule has 0 spiro atoms. The van der Waals surface area contributed by atoms with Crippen LogP contribution in [0.2, 0.25) is 0 Å². The van der Waals surface area contributed by atoms with Crippen LogP contribution in [0.15, 0.2) is 46.9 Å². The van der Waals surface area contributed by atoms with Gasteiger partial charge in [0.1, 0.15) is 5.82 Å². The number of carbonyl (C=O) groups is 2. The molecule has 9 heteroatoms. The number of anilines is 1. The highest BCUT2D eigenvalue weighted by molar-refractivity contribution is 7.99. The van der Waals surface area contributed by atoms with Crippen molar-refractivity contribution in [3.63, 3.8) is 0 Å². The number of aromatic nitrogens is 3. The summed E-state index contributed by atoms with van der Waals surface area (Å²) in [6, 6.07) is 11.3. The van der Waals surface area contributed by atoms with Crippen LogP contribution < -0.4 is 10.6 Å². The summed E-state index contributed by atoms with van der Waals surface area (Å²) in [5.41, 5.74) is 1.15. The monoisotopic (exact) mass is 413 g/mol. The Morgan fingerprint density at radius 3 is 2.93 bits per heavy atom. The van der Waals surface area contributed by atoms with Crippen molar-refractivity contribution in [2.45, 2.75) is 30.5 Å². The van der Waals surface area contributed by atoms with Gasteiger partial charge in [0.15, 0.2) is 0 Å². The first kappa shape index (κ1) is 18.7. The minimum absolute atomic E-state index is 0.105. The molecule has 7 nitrogen and oxygen atoms in total. The van der Waals surface area contributed by atoms with E-state index < -0.39 is 0 Å². The van der Waals surface area contributed by atoms with Gasteiger partial charge in [0.05, 0.1) is 5.75 Å². The second kappa shape index (κ2) is 8.57. The summed E-state index contributed by atoms with van der Waals surface area (Å²) < 4.78 is 0. The van der Waals surface area contributed by atoms with Crippen molar-refractivity contribution in [2.75, 3.05) is 11.1 Å². The van der Waals surface area contributed by atoms with Crippen LogP contribution in [0, 0.1) is 0 Å². The van der Waals surface area contributed by atoms with Crippen molar-refractivity contribution in [3.05, 3.63) is 58.0 Å². The largest absolute Gasteiger partial charge is 0.349 e. The van der Waals surface area contributed by atoms with Crippen LogP contribution in [0.1, 0.15) is 33.9 Å². The molecule has 4 rings (SSSR count). The van der Waals surface area contributed by atoms with Crippen LogP contribution >= 0.6 is 23.1 Å². The number of nitrogens with one attached hydrogen (secondary N) is 3. The lowest BCUT2D eigenvalue weighted by Gasteiger charge is -2.07. The van der Waals surface area contributed by atoms with E-state index in [0.29, 0.717) is 28.9 Å². The maximum atomic E-state index is 12.2. The van der Waals surface area contributed by atoms with E-state index >= 15 is 0 Å². The summed E-state index contributed by atoms with van der Waals surface area (Å²) in [5, 5.41) is 15.4. The molecule has 28 heavy (non-hydrogen) atoms. The Morgan fingerprint density at radius 1 is 1.25 bits per heavy atom.